The summed E-state index contributed by atoms with van der Waals surface area (Å²) in [5.41, 5.74) is 4.18. The summed E-state index contributed by atoms with van der Waals surface area (Å²) in [6, 6.07) is 10.3. The Morgan fingerprint density at radius 1 is 1.29 bits per heavy atom. The van der Waals surface area contributed by atoms with E-state index in [4.69, 9.17) is 0 Å². The van der Waals surface area contributed by atoms with Gasteiger partial charge in [-0.25, -0.2) is 9.98 Å². The van der Waals surface area contributed by atoms with E-state index in [-0.39, 0.29) is 24.0 Å². The molecule has 0 amide bonds. The molecule has 0 unspecified atom stereocenters. The van der Waals surface area contributed by atoms with E-state index in [1.54, 1.807) is 11.3 Å². The van der Waals surface area contributed by atoms with Gasteiger partial charge in [0.2, 0.25) is 0 Å². The van der Waals surface area contributed by atoms with E-state index in [0.29, 0.717) is 6.54 Å². The second-order valence-electron chi connectivity index (χ2n) is 4.73. The standard InChI is InChI=1S/C15H20N4S.HI/c1-12-14(20-11-18-12)10-17-15(19(2)3)16-9-13-7-5-4-6-8-13;/h4-8,11H,9-10H2,1-3H3,(H,16,17);1H. The highest BCUT2D eigenvalue weighted by atomic mass is 127. The molecule has 0 bridgehead atoms. The van der Waals surface area contributed by atoms with Gasteiger partial charge in [0, 0.05) is 19.0 Å². The zero-order valence-corrected chi connectivity index (χ0v) is 15.7. The summed E-state index contributed by atoms with van der Waals surface area (Å²) < 4.78 is 0. The molecule has 0 aliphatic heterocycles. The number of guanidine groups is 1. The van der Waals surface area contributed by atoms with Crippen LogP contribution in [-0.4, -0.2) is 29.9 Å². The smallest absolute Gasteiger partial charge is 0.194 e. The molecule has 0 saturated carbocycles. The Balaban J connectivity index is 0.00000220. The Hall–Kier alpha value is -1.15. The molecule has 1 aromatic carbocycles. The summed E-state index contributed by atoms with van der Waals surface area (Å²) >= 11 is 1.67. The predicted molar refractivity (Wildman–Crippen MR) is 100 cm³/mol. The number of nitrogens with one attached hydrogen (secondary N) is 1. The molecule has 0 saturated heterocycles. The monoisotopic (exact) mass is 416 g/mol. The average molecular weight is 416 g/mol. The zero-order chi connectivity index (χ0) is 14.4. The summed E-state index contributed by atoms with van der Waals surface area (Å²) in [5, 5.41) is 3.38. The highest BCUT2D eigenvalue weighted by Crippen LogP contribution is 2.11. The number of hydrogen-bond acceptors (Lipinski definition) is 3. The van der Waals surface area contributed by atoms with Crippen LogP contribution in [0.4, 0.5) is 0 Å². The lowest BCUT2D eigenvalue weighted by molar-refractivity contribution is 0.579. The minimum atomic E-state index is 0. The second-order valence-corrected chi connectivity index (χ2v) is 5.67. The molecule has 0 fully saturated rings. The fourth-order valence-corrected chi connectivity index (χ4v) is 2.48. The number of aliphatic imine (C=N–C) groups is 1. The van der Waals surface area contributed by atoms with Crippen LogP contribution in [0.2, 0.25) is 0 Å². The van der Waals surface area contributed by atoms with Crippen molar-refractivity contribution in [2.75, 3.05) is 14.1 Å². The normalized spacial score (nSPS) is 10.9. The summed E-state index contributed by atoms with van der Waals surface area (Å²) in [6.45, 7) is 3.48. The molecule has 1 N–H and O–H groups in total. The van der Waals surface area contributed by atoms with Gasteiger partial charge in [0.25, 0.3) is 0 Å². The molecule has 114 valence electrons. The summed E-state index contributed by atoms with van der Waals surface area (Å²) in [5.74, 6) is 0.890. The van der Waals surface area contributed by atoms with E-state index in [9.17, 15) is 0 Å². The number of benzene rings is 1. The molecule has 0 atom stereocenters. The lowest BCUT2D eigenvalue weighted by atomic mass is 10.2. The maximum absolute atomic E-state index is 4.64. The van der Waals surface area contributed by atoms with E-state index in [1.165, 1.54) is 10.4 Å². The first kappa shape index (κ1) is 17.9. The number of thiazole rings is 1. The first-order valence-electron chi connectivity index (χ1n) is 6.55. The van der Waals surface area contributed by atoms with Crippen LogP contribution in [0.15, 0.2) is 40.8 Å². The fraction of sp³-hybridized carbons (Fsp3) is 0.333. The number of aryl methyl sites for hydroxylation is 1. The first-order chi connectivity index (χ1) is 9.66. The van der Waals surface area contributed by atoms with Gasteiger partial charge >= 0.3 is 0 Å². The fourth-order valence-electron chi connectivity index (χ4n) is 1.76. The molecule has 6 heteroatoms. The third-order valence-corrected chi connectivity index (χ3v) is 3.86. The van der Waals surface area contributed by atoms with Crippen LogP contribution in [0.25, 0.3) is 0 Å². The topological polar surface area (TPSA) is 40.5 Å². The van der Waals surface area contributed by atoms with Gasteiger partial charge in [-0.15, -0.1) is 35.3 Å². The average Bonchev–Trinajstić information content (AvgIpc) is 2.85. The van der Waals surface area contributed by atoms with Crippen LogP contribution in [0.1, 0.15) is 16.1 Å². The molecule has 1 heterocycles. The number of nitrogens with zero attached hydrogens (tertiary/aromatic N) is 3. The summed E-state index contributed by atoms with van der Waals surface area (Å²) in [7, 11) is 3.99. The summed E-state index contributed by atoms with van der Waals surface area (Å²) in [6.07, 6.45) is 0. The molecular weight excluding hydrogens is 395 g/mol. The highest BCUT2D eigenvalue weighted by molar-refractivity contribution is 14.0. The van der Waals surface area contributed by atoms with Gasteiger partial charge in [0.1, 0.15) is 0 Å². The maximum atomic E-state index is 4.64. The third kappa shape index (κ3) is 5.62. The summed E-state index contributed by atoms with van der Waals surface area (Å²) in [4.78, 5) is 12.1. The van der Waals surface area contributed by atoms with Crippen molar-refractivity contribution in [3.05, 3.63) is 52.0 Å². The number of aromatic nitrogens is 1. The first-order valence-corrected chi connectivity index (χ1v) is 7.43. The molecule has 1 aromatic heterocycles. The van der Waals surface area contributed by atoms with Gasteiger partial charge in [-0.1, -0.05) is 30.3 Å². The van der Waals surface area contributed by atoms with Crippen molar-refractivity contribution in [3.8, 4) is 0 Å². The van der Waals surface area contributed by atoms with Crippen LogP contribution >= 0.6 is 35.3 Å². The Morgan fingerprint density at radius 3 is 2.57 bits per heavy atom. The van der Waals surface area contributed by atoms with Gasteiger partial charge in [-0.3, -0.25) is 0 Å². The minimum Gasteiger partial charge on any atom is -0.351 e. The van der Waals surface area contributed by atoms with Gasteiger partial charge in [0.05, 0.1) is 24.3 Å². The van der Waals surface area contributed by atoms with Crippen molar-refractivity contribution in [2.24, 2.45) is 4.99 Å². The van der Waals surface area contributed by atoms with E-state index < -0.39 is 0 Å². The second kappa shape index (κ2) is 8.99. The van der Waals surface area contributed by atoms with E-state index >= 15 is 0 Å². The Bertz CT molecular complexity index is 566. The molecule has 0 aliphatic rings. The highest BCUT2D eigenvalue weighted by Gasteiger charge is 2.05. The van der Waals surface area contributed by atoms with E-state index in [2.05, 4.69) is 27.4 Å². The number of hydrogen-bond donors (Lipinski definition) is 1. The molecule has 0 aliphatic carbocycles. The molecule has 0 spiro atoms. The third-order valence-electron chi connectivity index (χ3n) is 2.93. The Labute approximate surface area is 147 Å². The van der Waals surface area contributed by atoms with E-state index in [0.717, 1.165) is 18.2 Å². The van der Waals surface area contributed by atoms with Crippen molar-refractivity contribution in [1.82, 2.24) is 15.2 Å². The number of rotatable bonds is 4. The van der Waals surface area contributed by atoms with Crippen LogP contribution in [0.5, 0.6) is 0 Å². The van der Waals surface area contributed by atoms with Crippen molar-refractivity contribution in [2.45, 2.75) is 20.0 Å². The van der Waals surface area contributed by atoms with Gasteiger partial charge in [-0.2, -0.15) is 0 Å². The van der Waals surface area contributed by atoms with Crippen molar-refractivity contribution in [1.29, 1.82) is 0 Å². The minimum absolute atomic E-state index is 0. The van der Waals surface area contributed by atoms with Gasteiger partial charge < -0.3 is 10.2 Å². The Morgan fingerprint density at radius 2 is 2.00 bits per heavy atom. The van der Waals surface area contributed by atoms with Crippen molar-refractivity contribution >= 4 is 41.3 Å². The van der Waals surface area contributed by atoms with Crippen LogP contribution in [0.3, 0.4) is 0 Å². The maximum Gasteiger partial charge on any atom is 0.194 e. The molecule has 21 heavy (non-hydrogen) atoms. The zero-order valence-electron chi connectivity index (χ0n) is 12.5. The van der Waals surface area contributed by atoms with Crippen molar-refractivity contribution in [3.63, 3.8) is 0 Å². The van der Waals surface area contributed by atoms with Crippen LogP contribution < -0.4 is 5.32 Å². The largest absolute Gasteiger partial charge is 0.351 e. The molecular formula is C15H21IN4S. The SMILES string of the molecule is Cc1ncsc1CNC(=NCc1ccccc1)N(C)C.I. The number of halogens is 1. The van der Waals surface area contributed by atoms with Gasteiger partial charge in [0.15, 0.2) is 5.96 Å². The molecule has 0 radical (unpaired) electrons. The Kier molecular flexibility index (Phi) is 7.66. The van der Waals surface area contributed by atoms with E-state index in [1.807, 2.05) is 49.6 Å². The van der Waals surface area contributed by atoms with Gasteiger partial charge in [-0.05, 0) is 12.5 Å². The lowest BCUT2D eigenvalue weighted by Crippen LogP contribution is -2.36. The molecule has 4 nitrogen and oxygen atoms in total. The van der Waals surface area contributed by atoms with Crippen LogP contribution in [0, 0.1) is 6.92 Å². The lowest BCUT2D eigenvalue weighted by Gasteiger charge is -2.17. The quantitative estimate of drug-likeness (QED) is 0.473. The molecule has 2 aromatic rings. The van der Waals surface area contributed by atoms with Crippen LogP contribution in [-0.2, 0) is 13.1 Å². The predicted octanol–water partition coefficient (Wildman–Crippen LogP) is 3.28. The van der Waals surface area contributed by atoms with Crippen molar-refractivity contribution < 1.29 is 0 Å². The molecule has 2 rings (SSSR count).